The molecule has 1 saturated heterocycles. The number of fused-ring (bicyclic) bond motifs is 1. The van der Waals surface area contributed by atoms with Crippen molar-refractivity contribution >= 4 is 48.5 Å². The normalized spacial score (nSPS) is 14.6. The molecule has 3 aromatic rings. The Morgan fingerprint density at radius 3 is 2.85 bits per heavy atom. The van der Waals surface area contributed by atoms with E-state index in [0.29, 0.717) is 12.1 Å². The second kappa shape index (κ2) is 7.73. The number of morpholine rings is 1. The predicted octanol–water partition coefficient (Wildman–Crippen LogP) is 3.83. The van der Waals surface area contributed by atoms with Crippen molar-refractivity contribution in [2.24, 2.45) is 0 Å². The first-order valence-corrected chi connectivity index (χ1v) is 10.1. The summed E-state index contributed by atoms with van der Waals surface area (Å²) in [7, 11) is 0. The summed E-state index contributed by atoms with van der Waals surface area (Å²) in [6, 6.07) is 13.6. The van der Waals surface area contributed by atoms with Crippen LogP contribution in [0.5, 0.6) is 0 Å². The van der Waals surface area contributed by atoms with Gasteiger partial charge in [-0.25, -0.2) is 4.98 Å². The Labute approximate surface area is 164 Å². The molecule has 1 aliphatic rings. The van der Waals surface area contributed by atoms with Crippen LogP contribution in [0.1, 0.15) is 15.9 Å². The van der Waals surface area contributed by atoms with Crippen LogP contribution in [-0.2, 0) is 11.3 Å². The third kappa shape index (κ3) is 3.75. The molecule has 1 aliphatic heterocycles. The van der Waals surface area contributed by atoms with Crippen LogP contribution in [0.4, 0.5) is 5.13 Å². The standard InChI is InChI=1S/C19H18BrN3O2S/c20-15-4-2-1-3-14(15)12-21-18(24)13-5-6-16-17(11-13)26-19(22-16)23-7-9-25-10-8-23/h1-6,11H,7-10,12H2,(H,21,24). The van der Waals surface area contributed by atoms with Gasteiger partial charge in [-0.15, -0.1) is 0 Å². The van der Waals surface area contributed by atoms with Gasteiger partial charge in [0, 0.05) is 29.7 Å². The largest absolute Gasteiger partial charge is 0.378 e. The Bertz CT molecular complexity index is 937. The fourth-order valence-corrected chi connectivity index (χ4v) is 4.34. The molecule has 1 aromatic heterocycles. The molecular weight excluding hydrogens is 414 g/mol. The minimum Gasteiger partial charge on any atom is -0.378 e. The molecule has 0 bridgehead atoms. The van der Waals surface area contributed by atoms with Crippen LogP contribution in [0.2, 0.25) is 0 Å². The van der Waals surface area contributed by atoms with Gasteiger partial charge in [0.25, 0.3) is 5.91 Å². The molecule has 0 saturated carbocycles. The molecule has 7 heteroatoms. The maximum absolute atomic E-state index is 12.5. The van der Waals surface area contributed by atoms with Crippen LogP contribution >= 0.6 is 27.3 Å². The Morgan fingerprint density at radius 2 is 2.04 bits per heavy atom. The van der Waals surface area contributed by atoms with Gasteiger partial charge >= 0.3 is 0 Å². The lowest BCUT2D eigenvalue weighted by Crippen LogP contribution is -2.36. The van der Waals surface area contributed by atoms with Gasteiger partial charge in [-0.3, -0.25) is 4.79 Å². The highest BCUT2D eigenvalue weighted by Gasteiger charge is 2.16. The van der Waals surface area contributed by atoms with Crippen LogP contribution in [0.3, 0.4) is 0 Å². The summed E-state index contributed by atoms with van der Waals surface area (Å²) < 4.78 is 7.42. The van der Waals surface area contributed by atoms with Gasteiger partial charge in [0.2, 0.25) is 0 Å². The smallest absolute Gasteiger partial charge is 0.251 e. The number of nitrogens with one attached hydrogen (secondary N) is 1. The Balaban J connectivity index is 1.49. The number of aromatic nitrogens is 1. The first-order valence-electron chi connectivity index (χ1n) is 8.45. The SMILES string of the molecule is O=C(NCc1ccccc1Br)c1ccc2nc(N3CCOCC3)sc2c1. The number of anilines is 1. The van der Waals surface area contributed by atoms with Crippen LogP contribution in [0, 0.1) is 0 Å². The molecule has 1 amide bonds. The molecule has 2 heterocycles. The van der Waals surface area contributed by atoms with E-state index in [1.807, 2.05) is 42.5 Å². The van der Waals surface area contributed by atoms with E-state index in [1.54, 1.807) is 11.3 Å². The molecule has 1 fully saturated rings. The summed E-state index contributed by atoms with van der Waals surface area (Å²) in [4.78, 5) is 19.4. The van der Waals surface area contributed by atoms with Crippen LogP contribution < -0.4 is 10.2 Å². The van der Waals surface area contributed by atoms with E-state index in [9.17, 15) is 4.79 Å². The molecule has 4 rings (SSSR count). The molecule has 0 aliphatic carbocycles. The second-order valence-corrected chi connectivity index (χ2v) is 7.92. The summed E-state index contributed by atoms with van der Waals surface area (Å²) >= 11 is 5.13. The zero-order valence-electron chi connectivity index (χ0n) is 14.1. The minimum absolute atomic E-state index is 0.0797. The van der Waals surface area contributed by atoms with Gasteiger partial charge in [-0.2, -0.15) is 0 Å². The molecular formula is C19H18BrN3O2S. The number of hydrogen-bond acceptors (Lipinski definition) is 5. The number of amides is 1. The van der Waals surface area contributed by atoms with Gasteiger partial charge in [-0.05, 0) is 29.8 Å². The highest BCUT2D eigenvalue weighted by Crippen LogP contribution is 2.30. The van der Waals surface area contributed by atoms with E-state index < -0.39 is 0 Å². The second-order valence-electron chi connectivity index (χ2n) is 6.05. The number of nitrogens with zero attached hydrogens (tertiary/aromatic N) is 2. The van der Waals surface area contributed by atoms with E-state index in [2.05, 4.69) is 26.1 Å². The van der Waals surface area contributed by atoms with E-state index >= 15 is 0 Å². The van der Waals surface area contributed by atoms with Gasteiger partial charge < -0.3 is 15.0 Å². The average molecular weight is 432 g/mol. The Kier molecular flexibility index (Phi) is 5.19. The van der Waals surface area contributed by atoms with Crippen LogP contribution in [0.25, 0.3) is 10.2 Å². The number of ether oxygens (including phenoxy) is 1. The first kappa shape index (κ1) is 17.5. The summed E-state index contributed by atoms with van der Waals surface area (Å²) in [6.07, 6.45) is 0. The van der Waals surface area contributed by atoms with Crippen molar-refractivity contribution in [1.29, 1.82) is 0 Å². The summed E-state index contributed by atoms with van der Waals surface area (Å²) in [5.41, 5.74) is 2.63. The molecule has 1 N–H and O–H groups in total. The number of benzene rings is 2. The predicted molar refractivity (Wildman–Crippen MR) is 108 cm³/mol. The summed E-state index contributed by atoms with van der Waals surface area (Å²) in [5.74, 6) is -0.0797. The van der Waals surface area contributed by atoms with E-state index in [0.717, 1.165) is 51.7 Å². The van der Waals surface area contributed by atoms with Crippen molar-refractivity contribution in [3.05, 3.63) is 58.1 Å². The van der Waals surface area contributed by atoms with Crippen LogP contribution in [0.15, 0.2) is 46.9 Å². The lowest BCUT2D eigenvalue weighted by atomic mass is 10.2. The third-order valence-corrected chi connectivity index (χ3v) is 6.17. The quantitative estimate of drug-likeness (QED) is 0.681. The van der Waals surface area contributed by atoms with Crippen LogP contribution in [-0.4, -0.2) is 37.2 Å². The van der Waals surface area contributed by atoms with E-state index in [-0.39, 0.29) is 5.91 Å². The van der Waals surface area contributed by atoms with Gasteiger partial charge in [0.1, 0.15) is 0 Å². The van der Waals surface area contributed by atoms with Crippen molar-refractivity contribution in [2.75, 3.05) is 31.2 Å². The molecule has 0 radical (unpaired) electrons. The summed E-state index contributed by atoms with van der Waals surface area (Å²) in [6.45, 7) is 3.68. The van der Waals surface area contributed by atoms with Crippen molar-refractivity contribution < 1.29 is 9.53 Å². The van der Waals surface area contributed by atoms with Crippen molar-refractivity contribution in [3.63, 3.8) is 0 Å². The number of rotatable bonds is 4. The Morgan fingerprint density at radius 1 is 1.23 bits per heavy atom. The molecule has 0 spiro atoms. The zero-order chi connectivity index (χ0) is 17.9. The maximum atomic E-state index is 12.5. The molecule has 2 aromatic carbocycles. The van der Waals surface area contributed by atoms with Crippen molar-refractivity contribution in [3.8, 4) is 0 Å². The summed E-state index contributed by atoms with van der Waals surface area (Å²) in [5, 5.41) is 3.97. The monoisotopic (exact) mass is 431 g/mol. The highest BCUT2D eigenvalue weighted by atomic mass is 79.9. The van der Waals surface area contributed by atoms with Crippen molar-refractivity contribution in [1.82, 2.24) is 10.3 Å². The lowest BCUT2D eigenvalue weighted by molar-refractivity contribution is 0.0951. The van der Waals surface area contributed by atoms with Crippen molar-refractivity contribution in [2.45, 2.75) is 6.54 Å². The molecule has 26 heavy (non-hydrogen) atoms. The zero-order valence-corrected chi connectivity index (χ0v) is 16.5. The third-order valence-electron chi connectivity index (χ3n) is 4.32. The maximum Gasteiger partial charge on any atom is 0.251 e. The number of thiazole rings is 1. The fourth-order valence-electron chi connectivity index (χ4n) is 2.86. The van der Waals surface area contributed by atoms with Gasteiger partial charge in [0.15, 0.2) is 5.13 Å². The molecule has 0 unspecified atom stereocenters. The number of hydrogen-bond donors (Lipinski definition) is 1. The van der Waals surface area contributed by atoms with Gasteiger partial charge in [0.05, 0.1) is 23.4 Å². The minimum atomic E-state index is -0.0797. The van der Waals surface area contributed by atoms with Gasteiger partial charge in [-0.1, -0.05) is 45.5 Å². The fraction of sp³-hybridized carbons (Fsp3) is 0.263. The molecule has 0 atom stereocenters. The van der Waals surface area contributed by atoms with E-state index in [4.69, 9.17) is 9.72 Å². The topological polar surface area (TPSA) is 54.5 Å². The Hall–Kier alpha value is -1.96. The molecule has 134 valence electrons. The number of carbonyl (C=O) groups is 1. The highest BCUT2D eigenvalue weighted by molar-refractivity contribution is 9.10. The average Bonchev–Trinajstić information content (AvgIpc) is 3.11. The molecule has 5 nitrogen and oxygen atoms in total. The number of carbonyl (C=O) groups excluding carboxylic acids is 1. The first-order chi connectivity index (χ1) is 12.7. The number of halogens is 1. The lowest BCUT2D eigenvalue weighted by Gasteiger charge is -2.25. The van der Waals surface area contributed by atoms with E-state index in [1.165, 1.54) is 0 Å².